The minimum absolute atomic E-state index is 0.333. The first-order chi connectivity index (χ1) is 17.2. The standard InChI is InChI=1S/C21H14Cl2F3N5O6/c1-19(37-17(33)13-10-27-6-7-28-13)15(22)8-11(9-20(19,23)21(24,25)26)29-18(34)30-16(32)12-4-2-3-5-14(12)31(35)36/h2-10H,1H3,(H2,29,30,32,34). The minimum atomic E-state index is -5.29. The Kier molecular flexibility index (Phi) is 7.55. The van der Waals surface area contributed by atoms with E-state index in [-0.39, 0.29) is 0 Å². The molecule has 194 valence electrons. The molecule has 1 aliphatic rings. The van der Waals surface area contributed by atoms with Crippen molar-refractivity contribution in [1.82, 2.24) is 20.6 Å². The highest BCUT2D eigenvalue weighted by Gasteiger charge is 2.68. The van der Waals surface area contributed by atoms with Crippen LogP contribution in [0.25, 0.3) is 0 Å². The molecule has 1 aromatic carbocycles. The summed E-state index contributed by atoms with van der Waals surface area (Å²) in [7, 11) is 0. The average molecular weight is 560 g/mol. The van der Waals surface area contributed by atoms with E-state index in [0.29, 0.717) is 6.08 Å². The van der Waals surface area contributed by atoms with Gasteiger partial charge in [-0.15, -0.1) is 0 Å². The van der Waals surface area contributed by atoms with E-state index in [1.54, 1.807) is 5.32 Å². The zero-order chi connectivity index (χ0) is 27.6. The van der Waals surface area contributed by atoms with Crippen LogP contribution in [0.2, 0.25) is 0 Å². The predicted molar refractivity (Wildman–Crippen MR) is 122 cm³/mol. The van der Waals surface area contributed by atoms with E-state index in [4.69, 9.17) is 27.9 Å². The third kappa shape index (κ3) is 5.39. The van der Waals surface area contributed by atoms with Crippen LogP contribution < -0.4 is 10.6 Å². The molecule has 0 radical (unpaired) electrons. The van der Waals surface area contributed by atoms with Gasteiger partial charge in [-0.3, -0.25) is 25.2 Å². The topological polar surface area (TPSA) is 153 Å². The summed E-state index contributed by atoms with van der Waals surface area (Å²) in [5.74, 6) is -2.51. The number of allylic oxidation sites excluding steroid dienone is 1. The molecule has 0 spiro atoms. The Morgan fingerprint density at radius 1 is 1.19 bits per heavy atom. The van der Waals surface area contributed by atoms with Gasteiger partial charge in [0, 0.05) is 24.2 Å². The fourth-order valence-corrected chi connectivity index (χ4v) is 3.80. The third-order valence-corrected chi connectivity index (χ3v) is 6.25. The summed E-state index contributed by atoms with van der Waals surface area (Å²) in [6.07, 6.45) is -0.839. The second-order valence-corrected chi connectivity index (χ2v) is 8.50. The van der Waals surface area contributed by atoms with E-state index in [1.165, 1.54) is 18.3 Å². The number of nitrogens with one attached hydrogen (secondary N) is 2. The molecule has 1 heterocycles. The Labute approximate surface area is 215 Å². The quantitative estimate of drug-likeness (QED) is 0.241. The van der Waals surface area contributed by atoms with Crippen LogP contribution in [0.4, 0.5) is 23.7 Å². The molecule has 0 bridgehead atoms. The summed E-state index contributed by atoms with van der Waals surface area (Å²) in [6.45, 7) is 0.812. The second kappa shape index (κ2) is 10.1. The van der Waals surface area contributed by atoms with Crippen molar-refractivity contribution in [2.45, 2.75) is 23.6 Å². The van der Waals surface area contributed by atoms with E-state index >= 15 is 0 Å². The van der Waals surface area contributed by atoms with Crippen molar-refractivity contribution < 1.29 is 37.2 Å². The molecule has 2 N–H and O–H groups in total. The van der Waals surface area contributed by atoms with Crippen molar-refractivity contribution in [1.29, 1.82) is 0 Å². The first-order valence-electron chi connectivity index (χ1n) is 9.91. The van der Waals surface area contributed by atoms with Crippen LogP contribution in [0.1, 0.15) is 27.8 Å². The number of carbonyl (C=O) groups excluding carboxylic acids is 3. The number of para-hydroxylation sites is 1. The molecule has 0 saturated heterocycles. The van der Waals surface area contributed by atoms with Crippen molar-refractivity contribution in [3.05, 3.63) is 87.1 Å². The number of nitro benzene ring substituents is 1. The molecule has 16 heteroatoms. The van der Waals surface area contributed by atoms with Crippen LogP contribution >= 0.6 is 23.2 Å². The molecule has 1 aliphatic carbocycles. The Balaban J connectivity index is 1.87. The lowest BCUT2D eigenvalue weighted by atomic mass is 9.82. The Bertz CT molecular complexity index is 1340. The number of alkyl halides is 4. The van der Waals surface area contributed by atoms with Crippen molar-refractivity contribution >= 4 is 46.8 Å². The van der Waals surface area contributed by atoms with Crippen molar-refractivity contribution in [3.8, 4) is 0 Å². The van der Waals surface area contributed by atoms with Gasteiger partial charge >= 0.3 is 18.2 Å². The minimum Gasteiger partial charge on any atom is -0.446 e. The Morgan fingerprint density at radius 3 is 2.46 bits per heavy atom. The van der Waals surface area contributed by atoms with Crippen LogP contribution in [0.15, 0.2) is 65.7 Å². The van der Waals surface area contributed by atoms with E-state index < -0.39 is 67.2 Å². The van der Waals surface area contributed by atoms with Crippen molar-refractivity contribution in [2.24, 2.45) is 0 Å². The van der Waals surface area contributed by atoms with Crippen molar-refractivity contribution in [3.63, 3.8) is 0 Å². The molecule has 0 aliphatic heterocycles. The SMILES string of the molecule is CC1(OC(=O)c2cnccn2)C(Cl)=CC(NC(=O)NC(=O)c2ccccc2[N+](=O)[O-])=CC1(Cl)C(F)(F)F. The fraction of sp³-hybridized carbons (Fsp3) is 0.190. The number of halogens is 5. The lowest BCUT2D eigenvalue weighted by Crippen LogP contribution is -2.60. The number of nitro groups is 1. The highest BCUT2D eigenvalue weighted by Crippen LogP contribution is 2.53. The van der Waals surface area contributed by atoms with Gasteiger partial charge in [-0.05, 0) is 25.1 Å². The molecule has 3 amide bonds. The van der Waals surface area contributed by atoms with E-state index in [9.17, 15) is 37.7 Å². The van der Waals surface area contributed by atoms with Gasteiger partial charge in [0.15, 0.2) is 11.3 Å². The Hall–Kier alpha value is -4.04. The largest absolute Gasteiger partial charge is 0.446 e. The van der Waals surface area contributed by atoms with Gasteiger partial charge in [-0.1, -0.05) is 35.3 Å². The molecule has 2 unspecified atom stereocenters. The molecular weight excluding hydrogens is 546 g/mol. The summed E-state index contributed by atoms with van der Waals surface area (Å²) in [6, 6.07) is 3.34. The number of amides is 3. The van der Waals surface area contributed by atoms with Crippen LogP contribution in [-0.4, -0.2) is 49.5 Å². The van der Waals surface area contributed by atoms with E-state index in [2.05, 4.69) is 9.97 Å². The number of urea groups is 1. The maximum absolute atomic E-state index is 14.2. The number of carbonyl (C=O) groups is 3. The molecule has 2 aromatic rings. The third-order valence-electron chi connectivity index (χ3n) is 5.10. The summed E-state index contributed by atoms with van der Waals surface area (Å²) in [5.41, 5.74) is -4.83. The maximum atomic E-state index is 14.2. The van der Waals surface area contributed by atoms with Gasteiger partial charge < -0.3 is 10.1 Å². The highest BCUT2D eigenvalue weighted by atomic mass is 35.5. The number of rotatable bonds is 5. The predicted octanol–water partition coefficient (Wildman–Crippen LogP) is 4.00. The molecule has 3 rings (SSSR count). The van der Waals surface area contributed by atoms with Gasteiger partial charge in [0.05, 0.1) is 16.2 Å². The fourth-order valence-electron chi connectivity index (χ4n) is 3.19. The summed E-state index contributed by atoms with van der Waals surface area (Å²) >= 11 is 12.1. The van der Waals surface area contributed by atoms with Gasteiger partial charge in [-0.2, -0.15) is 13.2 Å². The molecule has 2 atom stereocenters. The number of ether oxygens (including phenoxy) is 1. The maximum Gasteiger partial charge on any atom is 0.415 e. The Morgan fingerprint density at radius 2 is 1.86 bits per heavy atom. The highest BCUT2D eigenvalue weighted by molar-refractivity contribution is 6.35. The number of esters is 1. The van der Waals surface area contributed by atoms with Crippen LogP contribution in [0, 0.1) is 10.1 Å². The number of hydrogen-bond donors (Lipinski definition) is 2. The van der Waals surface area contributed by atoms with Crippen LogP contribution in [0.5, 0.6) is 0 Å². The van der Waals surface area contributed by atoms with Gasteiger partial charge in [0.25, 0.3) is 11.6 Å². The first kappa shape index (κ1) is 27.5. The number of nitrogens with zero attached hydrogens (tertiary/aromatic N) is 3. The van der Waals surface area contributed by atoms with Gasteiger partial charge in [0.2, 0.25) is 4.87 Å². The lowest BCUT2D eigenvalue weighted by molar-refractivity contribution is -0.385. The van der Waals surface area contributed by atoms with Gasteiger partial charge in [-0.25, -0.2) is 14.6 Å². The van der Waals surface area contributed by atoms with E-state index in [0.717, 1.165) is 37.5 Å². The molecule has 0 fully saturated rings. The summed E-state index contributed by atoms with van der Waals surface area (Å²) in [5, 5.41) is 14.1. The molecular formula is C21H14Cl2F3N5O6. The monoisotopic (exact) mass is 559 g/mol. The first-order valence-corrected chi connectivity index (χ1v) is 10.7. The molecule has 0 saturated carbocycles. The number of hydrogen-bond acceptors (Lipinski definition) is 8. The zero-order valence-electron chi connectivity index (χ0n) is 18.4. The normalized spacial score (nSPS) is 21.2. The summed E-state index contributed by atoms with van der Waals surface area (Å²) < 4.78 is 47.6. The molecule has 11 nitrogen and oxygen atoms in total. The number of benzene rings is 1. The van der Waals surface area contributed by atoms with Crippen LogP contribution in [0.3, 0.4) is 0 Å². The number of imide groups is 1. The smallest absolute Gasteiger partial charge is 0.415 e. The summed E-state index contributed by atoms with van der Waals surface area (Å²) in [4.78, 5) is 51.1. The average Bonchev–Trinajstić information content (AvgIpc) is 2.82. The second-order valence-electron chi connectivity index (χ2n) is 7.50. The van der Waals surface area contributed by atoms with E-state index in [1.807, 2.05) is 5.32 Å². The van der Waals surface area contributed by atoms with Gasteiger partial charge in [0.1, 0.15) is 5.56 Å². The molecule has 37 heavy (non-hydrogen) atoms. The lowest BCUT2D eigenvalue weighted by Gasteiger charge is -2.44. The van der Waals surface area contributed by atoms with Crippen molar-refractivity contribution in [2.75, 3.05) is 0 Å². The van der Waals surface area contributed by atoms with Crippen LogP contribution in [-0.2, 0) is 4.74 Å². The molecule has 1 aromatic heterocycles. The zero-order valence-corrected chi connectivity index (χ0v) is 19.9. The number of aromatic nitrogens is 2.